The number of benzene rings is 1. The quantitative estimate of drug-likeness (QED) is 0.719. The summed E-state index contributed by atoms with van der Waals surface area (Å²) >= 11 is 0. The van der Waals surface area contributed by atoms with Crippen molar-refractivity contribution in [2.24, 2.45) is 5.41 Å². The molecule has 0 aromatic heterocycles. The van der Waals surface area contributed by atoms with E-state index in [0.29, 0.717) is 5.78 Å². The van der Waals surface area contributed by atoms with Gasteiger partial charge >= 0.3 is 0 Å². The third kappa shape index (κ3) is 1.97. The summed E-state index contributed by atoms with van der Waals surface area (Å²) in [5, 5.41) is 0. The van der Waals surface area contributed by atoms with Crippen molar-refractivity contribution in [1.29, 1.82) is 0 Å². The van der Waals surface area contributed by atoms with Crippen LogP contribution in [0, 0.1) is 12.3 Å². The van der Waals surface area contributed by atoms with Crippen LogP contribution in [-0.2, 0) is 11.2 Å². The minimum absolute atomic E-state index is 0.0912. The maximum atomic E-state index is 11.8. The van der Waals surface area contributed by atoms with Gasteiger partial charge in [-0.05, 0) is 37.3 Å². The Balaban J connectivity index is 2.22. The highest BCUT2D eigenvalue weighted by molar-refractivity contribution is 5.86. The normalized spacial score (nSPS) is 25.9. The maximum absolute atomic E-state index is 11.8. The van der Waals surface area contributed by atoms with E-state index in [9.17, 15) is 4.79 Å². The molecule has 1 atom stereocenters. The summed E-state index contributed by atoms with van der Waals surface area (Å²) < 4.78 is 0. The second-order valence-electron chi connectivity index (χ2n) is 4.94. The standard InChI is InChI=1S/C14H18O/c1-11-6-3-4-7-12(11)10-14(2)9-5-8-13(14)15/h3-4,6-7H,5,8-10H2,1-2H3. The van der Waals surface area contributed by atoms with E-state index >= 15 is 0 Å². The molecule has 1 unspecified atom stereocenters. The summed E-state index contributed by atoms with van der Waals surface area (Å²) in [7, 11) is 0. The Morgan fingerprint density at radius 2 is 2.07 bits per heavy atom. The van der Waals surface area contributed by atoms with Gasteiger partial charge in [0, 0.05) is 11.8 Å². The van der Waals surface area contributed by atoms with Crippen LogP contribution >= 0.6 is 0 Å². The van der Waals surface area contributed by atoms with Crippen molar-refractivity contribution >= 4 is 5.78 Å². The lowest BCUT2D eigenvalue weighted by Crippen LogP contribution is -2.24. The van der Waals surface area contributed by atoms with Crippen molar-refractivity contribution in [3.63, 3.8) is 0 Å². The van der Waals surface area contributed by atoms with Gasteiger partial charge in [0.25, 0.3) is 0 Å². The van der Waals surface area contributed by atoms with Crippen LogP contribution in [0.2, 0.25) is 0 Å². The fourth-order valence-corrected chi connectivity index (χ4v) is 2.50. The molecule has 80 valence electrons. The number of carbonyl (C=O) groups is 1. The molecule has 0 radical (unpaired) electrons. The topological polar surface area (TPSA) is 17.1 Å². The first-order valence-corrected chi connectivity index (χ1v) is 5.70. The van der Waals surface area contributed by atoms with Crippen LogP contribution in [-0.4, -0.2) is 5.78 Å². The van der Waals surface area contributed by atoms with Gasteiger partial charge in [0.05, 0.1) is 0 Å². The van der Waals surface area contributed by atoms with Gasteiger partial charge in [0.2, 0.25) is 0 Å². The Labute approximate surface area is 91.5 Å². The van der Waals surface area contributed by atoms with Gasteiger partial charge < -0.3 is 0 Å². The fourth-order valence-electron chi connectivity index (χ4n) is 2.50. The molecule has 0 saturated heterocycles. The largest absolute Gasteiger partial charge is 0.299 e. The molecule has 0 heterocycles. The van der Waals surface area contributed by atoms with E-state index in [0.717, 1.165) is 25.7 Å². The lowest BCUT2D eigenvalue weighted by molar-refractivity contribution is -0.124. The van der Waals surface area contributed by atoms with E-state index in [4.69, 9.17) is 0 Å². The highest BCUT2D eigenvalue weighted by Gasteiger charge is 2.37. The van der Waals surface area contributed by atoms with Crippen molar-refractivity contribution in [2.45, 2.75) is 39.5 Å². The summed E-state index contributed by atoms with van der Waals surface area (Å²) in [6.07, 6.45) is 3.82. The molecule has 1 aromatic carbocycles. The van der Waals surface area contributed by atoms with Gasteiger partial charge in [0.1, 0.15) is 5.78 Å². The Morgan fingerprint density at radius 3 is 2.67 bits per heavy atom. The van der Waals surface area contributed by atoms with Crippen LogP contribution in [0.4, 0.5) is 0 Å². The highest BCUT2D eigenvalue weighted by atomic mass is 16.1. The van der Waals surface area contributed by atoms with Gasteiger partial charge in [-0.25, -0.2) is 0 Å². The zero-order chi connectivity index (χ0) is 10.9. The first-order chi connectivity index (χ1) is 7.12. The van der Waals surface area contributed by atoms with E-state index < -0.39 is 0 Å². The van der Waals surface area contributed by atoms with E-state index in [1.807, 2.05) is 0 Å². The smallest absolute Gasteiger partial charge is 0.139 e. The summed E-state index contributed by atoms with van der Waals surface area (Å²) in [6.45, 7) is 4.24. The zero-order valence-corrected chi connectivity index (χ0v) is 9.55. The molecule has 1 aliphatic carbocycles. The van der Waals surface area contributed by atoms with Crippen LogP contribution in [0.5, 0.6) is 0 Å². The number of aryl methyl sites for hydroxylation is 1. The van der Waals surface area contributed by atoms with E-state index in [1.165, 1.54) is 11.1 Å². The van der Waals surface area contributed by atoms with Crippen molar-refractivity contribution in [2.75, 3.05) is 0 Å². The molecule has 1 nitrogen and oxygen atoms in total. The Bertz CT molecular complexity index is 381. The molecule has 1 saturated carbocycles. The maximum Gasteiger partial charge on any atom is 0.139 e. The van der Waals surface area contributed by atoms with Gasteiger partial charge in [-0.2, -0.15) is 0 Å². The first kappa shape index (κ1) is 10.4. The lowest BCUT2D eigenvalue weighted by atomic mass is 9.80. The fraction of sp³-hybridized carbons (Fsp3) is 0.500. The van der Waals surface area contributed by atoms with Crippen LogP contribution in [0.3, 0.4) is 0 Å². The molecule has 1 fully saturated rings. The van der Waals surface area contributed by atoms with E-state index in [2.05, 4.69) is 38.1 Å². The van der Waals surface area contributed by atoms with Crippen molar-refractivity contribution in [1.82, 2.24) is 0 Å². The SMILES string of the molecule is Cc1ccccc1CC1(C)CCCC1=O. The van der Waals surface area contributed by atoms with Gasteiger partial charge in [0.15, 0.2) is 0 Å². The van der Waals surface area contributed by atoms with Gasteiger partial charge in [-0.1, -0.05) is 31.2 Å². The third-order valence-corrected chi connectivity index (χ3v) is 3.65. The molecule has 0 bridgehead atoms. The number of rotatable bonds is 2. The minimum atomic E-state index is -0.0912. The monoisotopic (exact) mass is 202 g/mol. The second-order valence-corrected chi connectivity index (χ2v) is 4.94. The molecule has 1 aromatic rings. The molecular formula is C14H18O. The molecule has 0 amide bonds. The molecule has 1 aliphatic rings. The summed E-state index contributed by atoms with van der Waals surface area (Å²) in [5.74, 6) is 0.450. The average molecular weight is 202 g/mol. The molecule has 0 N–H and O–H groups in total. The zero-order valence-electron chi connectivity index (χ0n) is 9.55. The molecule has 15 heavy (non-hydrogen) atoms. The van der Waals surface area contributed by atoms with Gasteiger partial charge in [-0.15, -0.1) is 0 Å². The Kier molecular flexibility index (Phi) is 2.64. The number of hydrogen-bond acceptors (Lipinski definition) is 1. The van der Waals surface area contributed by atoms with Gasteiger partial charge in [-0.3, -0.25) is 4.79 Å². The van der Waals surface area contributed by atoms with Crippen LogP contribution < -0.4 is 0 Å². The van der Waals surface area contributed by atoms with Crippen molar-refractivity contribution in [3.05, 3.63) is 35.4 Å². The number of Topliss-reactive ketones (excluding diaryl/α,β-unsaturated/α-hetero) is 1. The third-order valence-electron chi connectivity index (χ3n) is 3.65. The number of ketones is 1. The second kappa shape index (κ2) is 3.80. The summed E-state index contributed by atoms with van der Waals surface area (Å²) in [4.78, 5) is 11.8. The van der Waals surface area contributed by atoms with E-state index in [1.54, 1.807) is 0 Å². The number of hydrogen-bond donors (Lipinski definition) is 0. The Morgan fingerprint density at radius 1 is 1.33 bits per heavy atom. The Hall–Kier alpha value is -1.11. The van der Waals surface area contributed by atoms with Crippen molar-refractivity contribution in [3.8, 4) is 0 Å². The lowest BCUT2D eigenvalue weighted by Gasteiger charge is -2.22. The molecule has 1 heteroatoms. The first-order valence-electron chi connectivity index (χ1n) is 5.70. The van der Waals surface area contributed by atoms with E-state index in [-0.39, 0.29) is 5.41 Å². The molecular weight excluding hydrogens is 184 g/mol. The van der Waals surface area contributed by atoms with Crippen LogP contribution in [0.1, 0.15) is 37.3 Å². The molecule has 2 rings (SSSR count). The predicted molar refractivity (Wildman–Crippen MR) is 61.8 cm³/mol. The number of carbonyl (C=O) groups excluding carboxylic acids is 1. The summed E-state index contributed by atoms with van der Waals surface area (Å²) in [6, 6.07) is 8.38. The molecule has 0 aliphatic heterocycles. The summed E-state index contributed by atoms with van der Waals surface area (Å²) in [5.41, 5.74) is 2.54. The molecule has 0 spiro atoms. The average Bonchev–Trinajstić information content (AvgIpc) is 2.51. The highest BCUT2D eigenvalue weighted by Crippen LogP contribution is 2.37. The van der Waals surface area contributed by atoms with Crippen LogP contribution in [0.15, 0.2) is 24.3 Å². The minimum Gasteiger partial charge on any atom is -0.299 e. The van der Waals surface area contributed by atoms with Crippen molar-refractivity contribution < 1.29 is 4.79 Å². The predicted octanol–water partition coefficient (Wildman–Crippen LogP) is 3.30. The van der Waals surface area contributed by atoms with Crippen LogP contribution in [0.25, 0.3) is 0 Å².